The Bertz CT molecular complexity index is 256. The molecular formula is C11H14O. The van der Waals surface area contributed by atoms with E-state index in [9.17, 15) is 4.79 Å². The molecule has 1 heteroatoms. The van der Waals surface area contributed by atoms with Gasteiger partial charge in [0, 0.05) is 5.41 Å². The van der Waals surface area contributed by atoms with Crippen LogP contribution >= 0.6 is 0 Å². The van der Waals surface area contributed by atoms with Crippen molar-refractivity contribution >= 4 is 6.29 Å². The third kappa shape index (κ3) is 0.562. The number of hydrogen-bond acceptors (Lipinski definition) is 1. The third-order valence-corrected chi connectivity index (χ3v) is 4.36. The van der Waals surface area contributed by atoms with E-state index >= 15 is 0 Å². The van der Waals surface area contributed by atoms with E-state index in [4.69, 9.17) is 0 Å². The standard InChI is InChI=1S/C11H14O/c12-7-11-5-1-2-10(11)8-3-4-9(11)6-8/h3-4,7-10H,1-2,5-6H2/t8-,9+,10-,11+/m0/s1. The lowest BCUT2D eigenvalue weighted by molar-refractivity contribution is -0.118. The second kappa shape index (κ2) is 2.01. The van der Waals surface area contributed by atoms with Gasteiger partial charge in [0.2, 0.25) is 0 Å². The fourth-order valence-electron chi connectivity index (χ4n) is 3.81. The monoisotopic (exact) mass is 162 g/mol. The van der Waals surface area contributed by atoms with Gasteiger partial charge in [0.1, 0.15) is 6.29 Å². The molecule has 0 aromatic heterocycles. The summed E-state index contributed by atoms with van der Waals surface area (Å²) >= 11 is 0. The summed E-state index contributed by atoms with van der Waals surface area (Å²) in [5.41, 5.74) is 0.0966. The maximum Gasteiger partial charge on any atom is 0.127 e. The van der Waals surface area contributed by atoms with Gasteiger partial charge in [-0.2, -0.15) is 0 Å². The Morgan fingerprint density at radius 2 is 2.33 bits per heavy atom. The van der Waals surface area contributed by atoms with Gasteiger partial charge in [-0.25, -0.2) is 0 Å². The second-order valence-corrected chi connectivity index (χ2v) is 4.62. The molecule has 0 heterocycles. The fourth-order valence-corrected chi connectivity index (χ4v) is 3.81. The van der Waals surface area contributed by atoms with Gasteiger partial charge >= 0.3 is 0 Å². The lowest BCUT2D eigenvalue weighted by Crippen LogP contribution is -2.31. The van der Waals surface area contributed by atoms with Crippen molar-refractivity contribution in [1.29, 1.82) is 0 Å². The van der Waals surface area contributed by atoms with Gasteiger partial charge < -0.3 is 4.79 Å². The Labute approximate surface area is 72.8 Å². The SMILES string of the molecule is O=C[C@@]12CCC[C@H]1[C@H]1C=C[C@@H]2C1. The number of carbonyl (C=O) groups excluding carboxylic acids is 1. The molecular weight excluding hydrogens is 148 g/mol. The normalized spacial score (nSPS) is 54.5. The summed E-state index contributed by atoms with van der Waals surface area (Å²) in [6.45, 7) is 0. The highest BCUT2D eigenvalue weighted by atomic mass is 16.1. The third-order valence-electron chi connectivity index (χ3n) is 4.36. The van der Waals surface area contributed by atoms with Crippen molar-refractivity contribution < 1.29 is 4.79 Å². The molecule has 0 amide bonds. The summed E-state index contributed by atoms with van der Waals surface area (Å²) in [5, 5.41) is 0. The molecule has 3 aliphatic carbocycles. The van der Waals surface area contributed by atoms with E-state index in [1.54, 1.807) is 0 Å². The predicted molar refractivity (Wildman–Crippen MR) is 46.6 cm³/mol. The van der Waals surface area contributed by atoms with Gasteiger partial charge in [-0.05, 0) is 37.0 Å². The van der Waals surface area contributed by atoms with Crippen molar-refractivity contribution in [2.45, 2.75) is 25.7 Å². The maximum absolute atomic E-state index is 11.2. The van der Waals surface area contributed by atoms with Crippen LogP contribution in [-0.2, 0) is 4.79 Å². The molecule has 0 aliphatic heterocycles. The maximum atomic E-state index is 11.2. The summed E-state index contributed by atoms with van der Waals surface area (Å²) in [6.07, 6.45) is 10.9. The van der Waals surface area contributed by atoms with Crippen LogP contribution in [0.2, 0.25) is 0 Å². The molecule has 2 bridgehead atoms. The number of allylic oxidation sites excluding steroid dienone is 2. The van der Waals surface area contributed by atoms with Crippen molar-refractivity contribution in [3.05, 3.63) is 12.2 Å². The zero-order valence-electron chi connectivity index (χ0n) is 7.20. The summed E-state index contributed by atoms with van der Waals surface area (Å²) in [7, 11) is 0. The molecule has 0 aromatic rings. The van der Waals surface area contributed by atoms with E-state index in [2.05, 4.69) is 12.2 Å². The first-order valence-electron chi connectivity index (χ1n) is 5.01. The van der Waals surface area contributed by atoms with Crippen molar-refractivity contribution in [2.24, 2.45) is 23.2 Å². The van der Waals surface area contributed by atoms with Gasteiger partial charge in [0.15, 0.2) is 0 Å². The van der Waals surface area contributed by atoms with E-state index in [1.165, 1.54) is 25.5 Å². The summed E-state index contributed by atoms with van der Waals surface area (Å²) in [6, 6.07) is 0. The molecule has 0 unspecified atom stereocenters. The van der Waals surface area contributed by atoms with E-state index in [-0.39, 0.29) is 5.41 Å². The van der Waals surface area contributed by atoms with Crippen LogP contribution in [0.15, 0.2) is 12.2 Å². The highest BCUT2D eigenvalue weighted by Gasteiger charge is 2.57. The molecule has 3 rings (SSSR count). The Morgan fingerprint density at radius 3 is 3.08 bits per heavy atom. The molecule has 4 atom stereocenters. The molecule has 0 spiro atoms. The largest absolute Gasteiger partial charge is 0.303 e. The number of fused-ring (bicyclic) bond motifs is 5. The summed E-state index contributed by atoms with van der Waals surface area (Å²) in [4.78, 5) is 11.2. The van der Waals surface area contributed by atoms with Gasteiger partial charge in [0.25, 0.3) is 0 Å². The average molecular weight is 162 g/mol. The molecule has 3 aliphatic rings. The second-order valence-electron chi connectivity index (χ2n) is 4.62. The van der Waals surface area contributed by atoms with Crippen LogP contribution in [0.3, 0.4) is 0 Å². The number of carbonyl (C=O) groups is 1. The van der Waals surface area contributed by atoms with Crippen molar-refractivity contribution in [3.8, 4) is 0 Å². The smallest absolute Gasteiger partial charge is 0.127 e. The van der Waals surface area contributed by atoms with Crippen LogP contribution < -0.4 is 0 Å². The Balaban J connectivity index is 2.08. The van der Waals surface area contributed by atoms with E-state index < -0.39 is 0 Å². The van der Waals surface area contributed by atoms with Crippen molar-refractivity contribution in [1.82, 2.24) is 0 Å². The van der Waals surface area contributed by atoms with Gasteiger partial charge in [-0.1, -0.05) is 18.6 Å². The molecule has 0 saturated heterocycles. The van der Waals surface area contributed by atoms with Gasteiger partial charge in [-0.3, -0.25) is 0 Å². The zero-order chi connectivity index (χ0) is 8.18. The first-order chi connectivity index (χ1) is 5.87. The minimum atomic E-state index is 0.0966. The first kappa shape index (κ1) is 6.88. The fraction of sp³-hybridized carbons (Fsp3) is 0.727. The highest BCUT2D eigenvalue weighted by Crippen LogP contribution is 2.62. The summed E-state index contributed by atoms with van der Waals surface area (Å²) in [5.74, 6) is 2.07. The Hall–Kier alpha value is -0.590. The molecule has 0 aromatic carbocycles. The van der Waals surface area contributed by atoms with Crippen molar-refractivity contribution in [2.75, 3.05) is 0 Å². The Kier molecular flexibility index (Phi) is 1.15. The van der Waals surface area contributed by atoms with Crippen LogP contribution in [0.4, 0.5) is 0 Å². The predicted octanol–water partition coefficient (Wildman–Crippen LogP) is 2.18. The first-order valence-corrected chi connectivity index (χ1v) is 5.01. The van der Waals surface area contributed by atoms with Gasteiger partial charge in [0.05, 0.1) is 0 Å². The van der Waals surface area contributed by atoms with E-state index in [0.29, 0.717) is 11.8 Å². The quantitative estimate of drug-likeness (QED) is 0.426. The highest BCUT2D eigenvalue weighted by molar-refractivity contribution is 5.64. The minimum absolute atomic E-state index is 0.0966. The molecule has 64 valence electrons. The number of hydrogen-bond donors (Lipinski definition) is 0. The van der Waals surface area contributed by atoms with Crippen LogP contribution in [0.1, 0.15) is 25.7 Å². The van der Waals surface area contributed by atoms with Crippen LogP contribution in [-0.4, -0.2) is 6.29 Å². The van der Waals surface area contributed by atoms with E-state index in [0.717, 1.165) is 12.3 Å². The molecule has 0 N–H and O–H groups in total. The Morgan fingerprint density at radius 1 is 1.42 bits per heavy atom. The van der Waals surface area contributed by atoms with Gasteiger partial charge in [-0.15, -0.1) is 0 Å². The topological polar surface area (TPSA) is 17.1 Å². The van der Waals surface area contributed by atoms with Crippen LogP contribution in [0, 0.1) is 23.2 Å². The average Bonchev–Trinajstić information content (AvgIpc) is 2.76. The number of rotatable bonds is 1. The number of aldehydes is 1. The van der Waals surface area contributed by atoms with E-state index in [1.807, 2.05) is 0 Å². The molecule has 12 heavy (non-hydrogen) atoms. The minimum Gasteiger partial charge on any atom is -0.303 e. The molecule has 0 radical (unpaired) electrons. The zero-order valence-corrected chi connectivity index (χ0v) is 7.20. The molecule has 2 fully saturated rings. The lowest BCUT2D eigenvalue weighted by Gasteiger charge is -2.30. The summed E-state index contributed by atoms with van der Waals surface area (Å²) < 4.78 is 0. The van der Waals surface area contributed by atoms with Crippen LogP contribution in [0.5, 0.6) is 0 Å². The van der Waals surface area contributed by atoms with Crippen molar-refractivity contribution in [3.63, 3.8) is 0 Å². The molecule has 1 nitrogen and oxygen atoms in total. The van der Waals surface area contributed by atoms with Crippen LogP contribution in [0.25, 0.3) is 0 Å². The molecule has 2 saturated carbocycles. The lowest BCUT2D eigenvalue weighted by atomic mass is 9.72.